The minimum atomic E-state index is -4.07. The molecule has 0 saturated heterocycles. The molecule has 2 aromatic carbocycles. The number of anilines is 1. The van der Waals surface area contributed by atoms with E-state index in [0.29, 0.717) is 0 Å². The van der Waals surface area contributed by atoms with Gasteiger partial charge in [-0.3, -0.25) is 14.3 Å². The first-order chi connectivity index (χ1) is 13.9. The fraction of sp³-hybridized carbons (Fsp3) is 0.250. The Morgan fingerprint density at radius 1 is 0.914 bits per heavy atom. The molecular weight excluding hydrogens is 499 g/mol. The fourth-order valence-electron chi connectivity index (χ4n) is 2.17. The molecule has 15 heteroatoms. The molecule has 0 spiro atoms. The molecule has 35 heavy (non-hydrogen) atoms. The zero-order valence-electron chi connectivity index (χ0n) is 19.6. The number of rotatable bonds is 7. The van der Waals surface area contributed by atoms with E-state index < -0.39 is 39.8 Å². The number of nitrogens with one attached hydrogen (secondary N) is 2. The van der Waals surface area contributed by atoms with Gasteiger partial charge >= 0.3 is 35.5 Å². The summed E-state index contributed by atoms with van der Waals surface area (Å²) in [5.41, 5.74) is -0.803. The van der Waals surface area contributed by atoms with Crippen LogP contribution in [0.4, 0.5) is 5.69 Å². The van der Waals surface area contributed by atoms with Crippen molar-refractivity contribution in [3.63, 3.8) is 0 Å². The SMILES string of the molecule is CC(C)(C)C(=O)Oc1ccc(S(=O)(=O)Nc2ccccc2C(=O)NCC(=O)[O-])cc1.O.O.O.O.[Na+]. The number of carbonyl (C=O) groups excluding carboxylic acids is 3. The summed E-state index contributed by atoms with van der Waals surface area (Å²) in [6, 6.07) is 10.9. The Hall–Kier alpha value is -2.56. The van der Waals surface area contributed by atoms with Crippen LogP contribution in [0.3, 0.4) is 0 Å². The summed E-state index contributed by atoms with van der Waals surface area (Å²) in [5.74, 6) is -2.53. The van der Waals surface area contributed by atoms with E-state index in [2.05, 4.69) is 10.0 Å². The molecule has 0 aliphatic carbocycles. The summed E-state index contributed by atoms with van der Waals surface area (Å²) < 4.78 is 32.9. The van der Waals surface area contributed by atoms with Gasteiger partial charge in [0, 0.05) is 0 Å². The Kier molecular flexibility index (Phi) is 18.3. The second-order valence-corrected chi connectivity index (χ2v) is 9.00. The first kappa shape index (κ1) is 39.6. The molecule has 1 amide bonds. The number of amides is 1. The van der Waals surface area contributed by atoms with E-state index in [1.54, 1.807) is 20.8 Å². The van der Waals surface area contributed by atoms with Crippen molar-refractivity contribution in [1.29, 1.82) is 0 Å². The Morgan fingerprint density at radius 3 is 1.91 bits per heavy atom. The van der Waals surface area contributed by atoms with E-state index in [-0.39, 0.29) is 73.4 Å². The molecule has 0 aromatic heterocycles. The average Bonchev–Trinajstić information content (AvgIpc) is 2.66. The normalized spacial score (nSPS) is 9.80. The van der Waals surface area contributed by atoms with Crippen LogP contribution < -0.4 is 49.4 Å². The summed E-state index contributed by atoms with van der Waals surface area (Å²) in [6.45, 7) is 4.37. The van der Waals surface area contributed by atoms with Crippen LogP contribution in [-0.2, 0) is 19.6 Å². The van der Waals surface area contributed by atoms with Crippen molar-refractivity contribution in [2.45, 2.75) is 25.7 Å². The molecule has 0 radical (unpaired) electrons. The number of para-hydroxylation sites is 1. The summed E-state index contributed by atoms with van der Waals surface area (Å²) in [6.07, 6.45) is 0. The first-order valence-electron chi connectivity index (χ1n) is 8.82. The van der Waals surface area contributed by atoms with Gasteiger partial charge in [-0.25, -0.2) is 8.42 Å². The van der Waals surface area contributed by atoms with Crippen molar-refractivity contribution in [2.75, 3.05) is 11.3 Å². The predicted octanol–water partition coefficient (Wildman–Crippen LogP) is -5.38. The Labute approximate surface area is 224 Å². The van der Waals surface area contributed by atoms with E-state index in [1.807, 2.05) is 0 Å². The number of carboxylic acids is 1. The number of hydrogen-bond donors (Lipinski definition) is 2. The molecule has 2 rings (SSSR count). The third-order valence-corrected chi connectivity index (χ3v) is 5.15. The minimum absolute atomic E-state index is 0. The van der Waals surface area contributed by atoms with Gasteiger partial charge in [0.2, 0.25) is 0 Å². The van der Waals surface area contributed by atoms with Gasteiger partial charge in [-0.05, 0) is 57.2 Å². The van der Waals surface area contributed by atoms with Gasteiger partial charge in [-0.1, -0.05) is 12.1 Å². The van der Waals surface area contributed by atoms with E-state index in [4.69, 9.17) is 4.74 Å². The van der Waals surface area contributed by atoms with E-state index in [1.165, 1.54) is 48.5 Å². The largest absolute Gasteiger partial charge is 1.00 e. The maximum atomic E-state index is 12.7. The van der Waals surface area contributed by atoms with Crippen LogP contribution in [0, 0.1) is 5.41 Å². The number of sulfonamides is 1. The molecule has 10 N–H and O–H groups in total. The molecule has 0 atom stereocenters. The number of hydrogen-bond acceptors (Lipinski definition) is 7. The Morgan fingerprint density at radius 2 is 1.43 bits per heavy atom. The molecular formula is C20H29N2NaO11S. The van der Waals surface area contributed by atoms with Gasteiger partial charge in [0.15, 0.2) is 0 Å². The van der Waals surface area contributed by atoms with Gasteiger partial charge in [0.25, 0.3) is 15.9 Å². The first-order valence-corrected chi connectivity index (χ1v) is 10.3. The van der Waals surface area contributed by atoms with Crippen LogP contribution in [0.1, 0.15) is 31.1 Å². The van der Waals surface area contributed by atoms with Gasteiger partial charge in [-0.15, -0.1) is 0 Å². The number of aliphatic carboxylic acids is 1. The maximum absolute atomic E-state index is 12.7. The summed E-state index contributed by atoms with van der Waals surface area (Å²) in [4.78, 5) is 34.4. The molecule has 0 heterocycles. The molecule has 192 valence electrons. The zero-order valence-corrected chi connectivity index (χ0v) is 22.4. The summed E-state index contributed by atoms with van der Waals surface area (Å²) in [5, 5.41) is 12.6. The quantitative estimate of drug-likeness (QED) is 0.200. The number of ether oxygens (including phenoxy) is 1. The maximum Gasteiger partial charge on any atom is 1.00 e. The predicted molar refractivity (Wildman–Crippen MR) is 121 cm³/mol. The van der Waals surface area contributed by atoms with Crippen LogP contribution in [0.2, 0.25) is 0 Å². The van der Waals surface area contributed by atoms with Crippen molar-refractivity contribution < 1.29 is 84.1 Å². The minimum Gasteiger partial charge on any atom is -0.548 e. The van der Waals surface area contributed by atoms with Crippen LogP contribution in [-0.4, -0.2) is 54.7 Å². The molecule has 0 unspecified atom stereocenters. The van der Waals surface area contributed by atoms with Crippen molar-refractivity contribution in [3.05, 3.63) is 54.1 Å². The summed E-state index contributed by atoms with van der Waals surface area (Å²) >= 11 is 0. The van der Waals surface area contributed by atoms with Crippen molar-refractivity contribution in [3.8, 4) is 5.75 Å². The standard InChI is InChI=1S/C20H22N2O7S.Na.4H2O/c1-20(2,3)19(26)29-13-8-10-14(11-9-13)30(27,28)22-16-7-5-4-6-15(16)18(25)21-12-17(23)24;;;;;/h4-11,22H,12H2,1-3H3,(H,21,25)(H,23,24);;4*1H2/q;+1;;;;/p-1. The second kappa shape index (κ2) is 16.2. The molecule has 0 bridgehead atoms. The van der Waals surface area contributed by atoms with E-state index >= 15 is 0 Å². The Balaban J connectivity index is -0.000000961. The number of carboxylic acid groups (broad SMARTS) is 1. The number of benzene rings is 2. The van der Waals surface area contributed by atoms with Gasteiger partial charge < -0.3 is 41.9 Å². The van der Waals surface area contributed by atoms with Gasteiger partial charge in [0.05, 0.1) is 34.1 Å². The zero-order chi connectivity index (χ0) is 22.5. The monoisotopic (exact) mass is 528 g/mol. The molecule has 2 aromatic rings. The van der Waals surface area contributed by atoms with E-state index in [0.717, 1.165) is 0 Å². The van der Waals surface area contributed by atoms with Gasteiger partial charge in [-0.2, -0.15) is 0 Å². The van der Waals surface area contributed by atoms with E-state index in [9.17, 15) is 27.9 Å². The van der Waals surface area contributed by atoms with Crippen LogP contribution >= 0.6 is 0 Å². The topological polar surface area (TPSA) is 268 Å². The van der Waals surface area contributed by atoms with Crippen molar-refractivity contribution in [2.24, 2.45) is 5.41 Å². The molecule has 0 fully saturated rings. The average molecular weight is 529 g/mol. The third kappa shape index (κ3) is 11.6. The molecule has 0 aliphatic rings. The summed E-state index contributed by atoms with van der Waals surface area (Å²) in [7, 11) is -4.07. The smallest absolute Gasteiger partial charge is 0.548 e. The van der Waals surface area contributed by atoms with Crippen molar-refractivity contribution in [1.82, 2.24) is 5.32 Å². The Bertz CT molecular complexity index is 1070. The third-order valence-electron chi connectivity index (χ3n) is 3.77. The van der Waals surface area contributed by atoms with Crippen molar-refractivity contribution >= 4 is 33.6 Å². The molecule has 0 aliphatic heterocycles. The molecule has 0 saturated carbocycles. The number of esters is 1. The fourth-order valence-corrected chi connectivity index (χ4v) is 3.25. The van der Waals surface area contributed by atoms with Gasteiger partial charge in [0.1, 0.15) is 5.75 Å². The van der Waals surface area contributed by atoms with Crippen LogP contribution in [0.15, 0.2) is 53.4 Å². The number of carbonyl (C=O) groups is 3. The van der Waals surface area contributed by atoms with Crippen LogP contribution in [0.25, 0.3) is 0 Å². The van der Waals surface area contributed by atoms with Crippen LogP contribution in [0.5, 0.6) is 5.75 Å². The second-order valence-electron chi connectivity index (χ2n) is 7.32. The molecule has 13 nitrogen and oxygen atoms in total.